The predicted octanol–water partition coefficient (Wildman–Crippen LogP) is -1.79. The summed E-state index contributed by atoms with van der Waals surface area (Å²) in [6, 6.07) is 0.728. The molecular formula is C9H13FN2O5S. The van der Waals surface area contributed by atoms with Gasteiger partial charge >= 0.3 is 0 Å². The summed E-state index contributed by atoms with van der Waals surface area (Å²) in [4.78, 5) is 2.91. The van der Waals surface area contributed by atoms with Crippen molar-refractivity contribution >= 4 is 10.0 Å². The summed E-state index contributed by atoms with van der Waals surface area (Å²) in [7, 11) is -4.21. The van der Waals surface area contributed by atoms with Crippen molar-refractivity contribution in [2.24, 2.45) is 0 Å². The summed E-state index contributed by atoms with van der Waals surface area (Å²) < 4.78 is 38.4. The number of hydrogen-bond donors (Lipinski definition) is 4. The molecule has 0 aliphatic carbocycles. The molecule has 0 saturated carbocycles. The number of aromatic nitrogens is 1. The Morgan fingerprint density at radius 1 is 1.22 bits per heavy atom. The van der Waals surface area contributed by atoms with Gasteiger partial charge in [-0.25, -0.2) is 12.8 Å². The van der Waals surface area contributed by atoms with E-state index in [1.165, 1.54) is 0 Å². The van der Waals surface area contributed by atoms with Crippen LogP contribution in [-0.2, 0) is 10.0 Å². The largest absolute Gasteiger partial charge is 0.394 e. The molecule has 1 heterocycles. The first-order chi connectivity index (χ1) is 8.39. The fraction of sp³-hybridized carbons (Fsp3) is 0.444. The lowest BCUT2D eigenvalue weighted by Gasteiger charge is -2.28. The monoisotopic (exact) mass is 280 g/mol. The number of sulfonamides is 1. The topological polar surface area (TPSA) is 120 Å². The third-order valence-electron chi connectivity index (χ3n) is 2.25. The van der Waals surface area contributed by atoms with E-state index in [2.05, 4.69) is 4.98 Å². The molecular weight excluding hydrogens is 267 g/mol. The molecule has 1 aromatic heterocycles. The first-order valence-corrected chi connectivity index (χ1v) is 6.34. The van der Waals surface area contributed by atoms with Crippen LogP contribution in [0.25, 0.3) is 0 Å². The second-order valence-electron chi connectivity index (χ2n) is 3.70. The summed E-state index contributed by atoms with van der Waals surface area (Å²) in [5.41, 5.74) is -1.81. The fourth-order valence-electron chi connectivity index (χ4n) is 1.13. The van der Waals surface area contributed by atoms with Crippen molar-refractivity contribution in [1.82, 2.24) is 9.71 Å². The van der Waals surface area contributed by atoms with Crippen LogP contribution in [0.2, 0.25) is 0 Å². The Kier molecular flexibility index (Phi) is 4.71. The maximum atomic E-state index is 12.9. The van der Waals surface area contributed by atoms with Gasteiger partial charge in [-0.3, -0.25) is 4.98 Å². The van der Waals surface area contributed by atoms with Gasteiger partial charge < -0.3 is 15.3 Å². The van der Waals surface area contributed by atoms with Gasteiger partial charge in [0.05, 0.1) is 26.0 Å². The van der Waals surface area contributed by atoms with Crippen molar-refractivity contribution < 1.29 is 28.1 Å². The van der Waals surface area contributed by atoms with Crippen LogP contribution in [0.15, 0.2) is 23.4 Å². The Morgan fingerprint density at radius 3 is 2.22 bits per heavy atom. The van der Waals surface area contributed by atoms with Gasteiger partial charge in [0.15, 0.2) is 0 Å². The Labute approximate surface area is 103 Å². The third-order valence-corrected chi connectivity index (χ3v) is 3.79. The zero-order valence-corrected chi connectivity index (χ0v) is 10.1. The average molecular weight is 280 g/mol. The smallest absolute Gasteiger partial charge is 0.242 e. The van der Waals surface area contributed by atoms with Gasteiger partial charge in [-0.1, -0.05) is 0 Å². The molecule has 0 aliphatic rings. The molecule has 0 spiro atoms. The first kappa shape index (κ1) is 14.9. The van der Waals surface area contributed by atoms with Crippen molar-refractivity contribution in [1.29, 1.82) is 0 Å². The van der Waals surface area contributed by atoms with Crippen molar-refractivity contribution in [2.75, 3.05) is 19.8 Å². The lowest BCUT2D eigenvalue weighted by atomic mass is 10.1. The van der Waals surface area contributed by atoms with Gasteiger partial charge in [0.1, 0.15) is 16.3 Å². The number of hydrogen-bond acceptors (Lipinski definition) is 6. The predicted molar refractivity (Wildman–Crippen MR) is 58.5 cm³/mol. The van der Waals surface area contributed by atoms with Crippen LogP contribution in [0.3, 0.4) is 0 Å². The molecule has 0 aromatic carbocycles. The summed E-state index contributed by atoms with van der Waals surface area (Å²) in [6.45, 7) is -2.45. The second kappa shape index (κ2) is 5.67. The zero-order chi connectivity index (χ0) is 13.8. The van der Waals surface area contributed by atoms with Crippen LogP contribution >= 0.6 is 0 Å². The highest BCUT2D eigenvalue weighted by atomic mass is 32.2. The zero-order valence-electron chi connectivity index (χ0n) is 9.24. The summed E-state index contributed by atoms with van der Waals surface area (Å²) in [5.74, 6) is -0.847. The molecule has 0 fully saturated rings. The number of aliphatic hydroxyl groups excluding tert-OH is 3. The van der Waals surface area contributed by atoms with Crippen molar-refractivity contribution in [3.63, 3.8) is 0 Å². The van der Waals surface area contributed by atoms with Crippen molar-refractivity contribution in [3.8, 4) is 0 Å². The van der Waals surface area contributed by atoms with Crippen LogP contribution in [0.4, 0.5) is 4.39 Å². The van der Waals surface area contributed by atoms with Crippen LogP contribution in [-0.4, -0.2) is 54.1 Å². The van der Waals surface area contributed by atoms with Crippen molar-refractivity contribution in [2.45, 2.75) is 10.4 Å². The highest BCUT2D eigenvalue weighted by molar-refractivity contribution is 7.89. The van der Waals surface area contributed by atoms with E-state index < -0.39 is 46.1 Å². The molecule has 0 aliphatic heterocycles. The summed E-state index contributed by atoms with van der Waals surface area (Å²) >= 11 is 0. The second-order valence-corrected chi connectivity index (χ2v) is 5.38. The van der Waals surface area contributed by atoms with Gasteiger partial charge in [0, 0.05) is 6.20 Å². The number of nitrogens with one attached hydrogen (secondary N) is 1. The molecule has 1 aromatic rings. The quantitative estimate of drug-likeness (QED) is 0.489. The van der Waals surface area contributed by atoms with Crippen LogP contribution < -0.4 is 4.72 Å². The number of pyridine rings is 1. The fourth-order valence-corrected chi connectivity index (χ4v) is 2.48. The van der Waals surface area contributed by atoms with E-state index >= 15 is 0 Å². The van der Waals surface area contributed by atoms with E-state index in [1.807, 2.05) is 4.72 Å². The molecule has 0 amide bonds. The average Bonchev–Trinajstić information content (AvgIpc) is 2.36. The number of aliphatic hydroxyl groups is 3. The van der Waals surface area contributed by atoms with Gasteiger partial charge in [-0.2, -0.15) is 4.72 Å². The van der Waals surface area contributed by atoms with Gasteiger partial charge in [0.2, 0.25) is 10.0 Å². The molecule has 9 heteroatoms. The first-order valence-electron chi connectivity index (χ1n) is 4.86. The molecule has 0 atom stereocenters. The van der Waals surface area contributed by atoms with E-state index in [0.717, 1.165) is 18.5 Å². The standard InChI is InChI=1S/C9H13FN2O5S/c10-7-1-8(3-11-2-7)18(16,17)12-9(4-13,5-14)6-15/h1-3,12-15H,4-6H2. The van der Waals surface area contributed by atoms with E-state index in [1.54, 1.807) is 0 Å². The molecule has 0 unspecified atom stereocenters. The van der Waals surface area contributed by atoms with E-state index in [9.17, 15) is 12.8 Å². The minimum absolute atomic E-state index is 0.470. The van der Waals surface area contributed by atoms with Gasteiger partial charge in [0.25, 0.3) is 0 Å². The molecule has 102 valence electrons. The Morgan fingerprint density at radius 2 is 1.78 bits per heavy atom. The van der Waals surface area contributed by atoms with E-state index in [-0.39, 0.29) is 0 Å². The minimum atomic E-state index is -4.21. The number of halogens is 1. The van der Waals surface area contributed by atoms with E-state index in [0.29, 0.717) is 0 Å². The molecule has 18 heavy (non-hydrogen) atoms. The lowest BCUT2D eigenvalue weighted by molar-refractivity contribution is 0.0582. The molecule has 0 saturated heterocycles. The molecule has 4 N–H and O–H groups in total. The summed E-state index contributed by atoms with van der Waals surface area (Å²) in [5, 5.41) is 27.0. The highest BCUT2D eigenvalue weighted by Gasteiger charge is 2.34. The third kappa shape index (κ3) is 3.21. The van der Waals surface area contributed by atoms with E-state index in [4.69, 9.17) is 15.3 Å². The lowest BCUT2D eigenvalue weighted by Crippen LogP contribution is -2.56. The molecule has 0 radical (unpaired) electrons. The van der Waals surface area contributed by atoms with Crippen LogP contribution in [0, 0.1) is 5.82 Å². The molecule has 1 rings (SSSR count). The van der Waals surface area contributed by atoms with Crippen molar-refractivity contribution in [3.05, 3.63) is 24.3 Å². The number of rotatable bonds is 6. The molecule has 7 nitrogen and oxygen atoms in total. The van der Waals surface area contributed by atoms with Gasteiger partial charge in [-0.15, -0.1) is 0 Å². The maximum Gasteiger partial charge on any atom is 0.242 e. The van der Waals surface area contributed by atoms with Crippen LogP contribution in [0.5, 0.6) is 0 Å². The molecule has 0 bridgehead atoms. The normalized spacial score (nSPS) is 12.7. The maximum absolute atomic E-state index is 12.9. The Bertz CT molecular complexity index is 495. The number of nitrogens with zero attached hydrogens (tertiary/aromatic N) is 1. The van der Waals surface area contributed by atoms with Gasteiger partial charge in [-0.05, 0) is 6.07 Å². The summed E-state index contributed by atoms with van der Waals surface area (Å²) in [6.07, 6.45) is 1.73. The highest BCUT2D eigenvalue weighted by Crippen LogP contribution is 2.13. The SMILES string of the molecule is O=S(=O)(NC(CO)(CO)CO)c1cncc(F)c1. The van der Waals surface area contributed by atoms with Crippen LogP contribution in [0.1, 0.15) is 0 Å². The minimum Gasteiger partial charge on any atom is -0.394 e. The Hall–Kier alpha value is -1.13. The Balaban J connectivity index is 3.08.